The molecule has 0 radical (unpaired) electrons. The molecule has 0 fully saturated rings. The highest BCUT2D eigenvalue weighted by atomic mass is 32.2. The molecule has 0 aliphatic carbocycles. The van der Waals surface area contributed by atoms with Gasteiger partial charge < -0.3 is 5.32 Å². The average molecular weight is 495 g/mol. The van der Waals surface area contributed by atoms with E-state index in [1.54, 1.807) is 30.4 Å². The third-order valence-corrected chi connectivity index (χ3v) is 9.65. The lowest BCUT2D eigenvalue weighted by atomic mass is 10.1. The number of rotatable bonds is 10. The highest BCUT2D eigenvalue weighted by Crippen LogP contribution is 2.32. The fourth-order valence-electron chi connectivity index (χ4n) is 3.29. The van der Waals surface area contributed by atoms with Crippen LogP contribution in [0.4, 0.5) is 10.8 Å². The molecule has 0 bridgehead atoms. The Balaban J connectivity index is 1.31. The highest BCUT2D eigenvalue weighted by molar-refractivity contribution is 8.01. The van der Waals surface area contributed by atoms with Crippen molar-refractivity contribution in [2.75, 3.05) is 34.2 Å². The summed E-state index contributed by atoms with van der Waals surface area (Å²) in [6.45, 7) is 2.87. The molecule has 11 heteroatoms. The van der Waals surface area contributed by atoms with Crippen molar-refractivity contribution in [3.8, 4) is 0 Å². The number of benzene rings is 1. The number of anilines is 2. The van der Waals surface area contributed by atoms with Crippen molar-refractivity contribution in [2.24, 2.45) is 0 Å². The summed E-state index contributed by atoms with van der Waals surface area (Å²) >= 11 is 4.54. The molecule has 3 heterocycles. The number of thioether (sulfide) groups is 1. The number of fused-ring (bicyclic) bond motifs is 1. The molecule has 3 aromatic rings. The first-order chi connectivity index (χ1) is 15.0. The van der Waals surface area contributed by atoms with E-state index in [0.717, 1.165) is 28.0 Å². The van der Waals surface area contributed by atoms with Crippen LogP contribution in [-0.2, 0) is 22.9 Å². The molecule has 0 spiro atoms. The molecule has 164 valence electrons. The summed E-state index contributed by atoms with van der Waals surface area (Å²) in [7, 11) is -3.28. The van der Waals surface area contributed by atoms with Crippen LogP contribution in [-0.4, -0.2) is 49.0 Å². The number of carbonyl (C=O) groups is 1. The number of nitrogens with one attached hydrogen (secondary N) is 1. The fraction of sp³-hybridized carbons (Fsp3) is 0.350. The number of Topliss-reactive ketones (excluding diaryl/α,β-unsaturated/α-hetero) is 1. The molecule has 0 saturated carbocycles. The lowest BCUT2D eigenvalue weighted by Crippen LogP contribution is -2.30. The third kappa shape index (κ3) is 5.28. The maximum atomic E-state index is 12.7. The van der Waals surface area contributed by atoms with Crippen LogP contribution in [0.5, 0.6) is 0 Å². The highest BCUT2D eigenvalue weighted by Gasteiger charge is 2.28. The van der Waals surface area contributed by atoms with Gasteiger partial charge in [-0.2, -0.15) is 0 Å². The Hall–Kier alpha value is -1.95. The molecule has 1 aliphatic rings. The van der Waals surface area contributed by atoms with E-state index in [9.17, 15) is 13.2 Å². The van der Waals surface area contributed by atoms with Gasteiger partial charge in [0.05, 0.1) is 17.2 Å². The number of hydrogen-bond acceptors (Lipinski definition) is 9. The van der Waals surface area contributed by atoms with Gasteiger partial charge in [0.2, 0.25) is 15.2 Å². The Morgan fingerprint density at radius 3 is 2.94 bits per heavy atom. The molecule has 0 atom stereocenters. The van der Waals surface area contributed by atoms with Gasteiger partial charge in [-0.05, 0) is 55.0 Å². The molecular weight excluding hydrogens is 473 g/mol. The third-order valence-electron chi connectivity index (χ3n) is 4.92. The average Bonchev–Trinajstić information content (AvgIpc) is 3.52. The fourth-order valence-corrected chi connectivity index (χ4v) is 6.83. The van der Waals surface area contributed by atoms with E-state index in [1.807, 2.05) is 12.1 Å². The van der Waals surface area contributed by atoms with Gasteiger partial charge in [0.15, 0.2) is 10.1 Å². The van der Waals surface area contributed by atoms with Gasteiger partial charge in [-0.25, -0.2) is 8.42 Å². The van der Waals surface area contributed by atoms with Crippen molar-refractivity contribution >= 4 is 61.1 Å². The van der Waals surface area contributed by atoms with Crippen LogP contribution < -0.4 is 9.62 Å². The summed E-state index contributed by atoms with van der Waals surface area (Å²) in [5, 5.41) is 14.4. The summed E-state index contributed by atoms with van der Waals surface area (Å²) < 4.78 is 26.6. The second-order valence-corrected chi connectivity index (χ2v) is 12.3. The van der Waals surface area contributed by atoms with Crippen LogP contribution >= 0.6 is 34.4 Å². The van der Waals surface area contributed by atoms with Crippen molar-refractivity contribution in [1.29, 1.82) is 0 Å². The number of nitrogens with zero attached hydrogens (tertiary/aromatic N) is 3. The van der Waals surface area contributed by atoms with E-state index < -0.39 is 10.0 Å². The van der Waals surface area contributed by atoms with Gasteiger partial charge in [0, 0.05) is 23.5 Å². The number of ketones is 1. The van der Waals surface area contributed by atoms with E-state index in [-0.39, 0.29) is 17.3 Å². The molecule has 4 rings (SSSR count). The zero-order valence-corrected chi connectivity index (χ0v) is 20.2. The largest absolute Gasteiger partial charge is 0.360 e. The number of aromatic nitrogens is 2. The number of carbonyl (C=O) groups excluding carboxylic acids is 1. The Labute approximate surface area is 194 Å². The van der Waals surface area contributed by atoms with Crippen molar-refractivity contribution in [3.63, 3.8) is 0 Å². The summed E-state index contributed by atoms with van der Waals surface area (Å²) in [6.07, 6.45) is 1.56. The second-order valence-electron chi connectivity index (χ2n) is 6.91. The van der Waals surface area contributed by atoms with Gasteiger partial charge in [0.25, 0.3) is 0 Å². The second kappa shape index (κ2) is 9.68. The predicted octanol–water partition coefficient (Wildman–Crippen LogP) is 3.94. The predicted molar refractivity (Wildman–Crippen MR) is 128 cm³/mol. The first kappa shape index (κ1) is 22.3. The normalized spacial score (nSPS) is 13.4. The Bertz CT molecular complexity index is 1160. The quantitative estimate of drug-likeness (QED) is 0.337. The van der Waals surface area contributed by atoms with E-state index in [2.05, 4.69) is 27.0 Å². The van der Waals surface area contributed by atoms with Gasteiger partial charge in [-0.3, -0.25) is 9.10 Å². The van der Waals surface area contributed by atoms with Crippen molar-refractivity contribution < 1.29 is 13.2 Å². The minimum Gasteiger partial charge on any atom is -0.360 e. The summed E-state index contributed by atoms with van der Waals surface area (Å²) in [4.78, 5) is 14.0. The first-order valence-electron chi connectivity index (χ1n) is 9.85. The Morgan fingerprint density at radius 2 is 2.16 bits per heavy atom. The summed E-state index contributed by atoms with van der Waals surface area (Å²) in [5.74, 6) is 0.322. The van der Waals surface area contributed by atoms with Crippen LogP contribution in [0.1, 0.15) is 27.7 Å². The smallest absolute Gasteiger partial charge is 0.234 e. The van der Waals surface area contributed by atoms with E-state index in [0.29, 0.717) is 24.2 Å². The number of sulfonamides is 1. The maximum absolute atomic E-state index is 12.7. The van der Waals surface area contributed by atoms with Crippen molar-refractivity contribution in [2.45, 2.75) is 24.1 Å². The SMILES string of the molecule is CCS(=O)(=O)N1CCc2cc(C(=O)CSc3nnc(NCCc4cccs4)s3)ccc21. The number of hydrogen-bond donors (Lipinski definition) is 1. The van der Waals surface area contributed by atoms with Gasteiger partial charge >= 0.3 is 0 Å². The van der Waals surface area contributed by atoms with E-state index >= 15 is 0 Å². The molecule has 1 aliphatic heterocycles. The maximum Gasteiger partial charge on any atom is 0.234 e. The minimum atomic E-state index is -3.28. The van der Waals surface area contributed by atoms with E-state index in [4.69, 9.17) is 0 Å². The minimum absolute atomic E-state index is 0.00740. The van der Waals surface area contributed by atoms with Gasteiger partial charge in [-0.15, -0.1) is 21.5 Å². The Morgan fingerprint density at radius 1 is 1.29 bits per heavy atom. The number of thiophene rings is 1. The van der Waals surface area contributed by atoms with Crippen LogP contribution in [0.25, 0.3) is 0 Å². The molecule has 0 amide bonds. The molecule has 1 aromatic carbocycles. The molecule has 31 heavy (non-hydrogen) atoms. The van der Waals surface area contributed by atoms with Crippen LogP contribution in [0.15, 0.2) is 40.1 Å². The standard InChI is InChI=1S/C20H22N4O3S4/c1-2-31(26,27)24-10-8-14-12-15(5-6-17(14)24)18(25)13-29-20-23-22-19(30-20)21-9-7-16-4-3-11-28-16/h3-6,11-12H,2,7-10,13H2,1H3,(H,21,22). The van der Waals surface area contributed by atoms with Crippen LogP contribution in [0, 0.1) is 0 Å². The first-order valence-corrected chi connectivity index (χ1v) is 14.1. The summed E-state index contributed by atoms with van der Waals surface area (Å²) in [6, 6.07) is 9.43. The summed E-state index contributed by atoms with van der Waals surface area (Å²) in [5.41, 5.74) is 2.19. The molecule has 7 nitrogen and oxygen atoms in total. The molecule has 0 saturated heterocycles. The molecule has 2 aromatic heterocycles. The van der Waals surface area contributed by atoms with Gasteiger partial charge in [-0.1, -0.05) is 29.2 Å². The molecule has 1 N–H and O–H groups in total. The molecule has 0 unspecified atom stereocenters. The van der Waals surface area contributed by atoms with Crippen LogP contribution in [0.3, 0.4) is 0 Å². The van der Waals surface area contributed by atoms with Crippen molar-refractivity contribution in [3.05, 3.63) is 51.7 Å². The Kier molecular flexibility index (Phi) is 6.95. The zero-order chi connectivity index (χ0) is 21.8. The zero-order valence-electron chi connectivity index (χ0n) is 16.9. The monoisotopic (exact) mass is 494 g/mol. The molecular formula is C20H22N4O3S4. The van der Waals surface area contributed by atoms with Gasteiger partial charge in [0.1, 0.15) is 0 Å². The van der Waals surface area contributed by atoms with Crippen LogP contribution in [0.2, 0.25) is 0 Å². The lowest BCUT2D eigenvalue weighted by Gasteiger charge is -2.18. The topological polar surface area (TPSA) is 92.3 Å². The van der Waals surface area contributed by atoms with E-state index in [1.165, 1.54) is 32.3 Å². The van der Waals surface area contributed by atoms with Crippen molar-refractivity contribution in [1.82, 2.24) is 10.2 Å². The lowest BCUT2D eigenvalue weighted by molar-refractivity contribution is 0.102.